The summed E-state index contributed by atoms with van der Waals surface area (Å²) in [5.41, 5.74) is 12.4. The fraction of sp³-hybridized carbons (Fsp3) is 0.444. The van der Waals surface area contributed by atoms with E-state index in [0.717, 1.165) is 43.6 Å². The van der Waals surface area contributed by atoms with Crippen LogP contribution >= 0.6 is 0 Å². The van der Waals surface area contributed by atoms with Gasteiger partial charge in [0, 0.05) is 49.1 Å². The molecule has 114 valence electrons. The fourth-order valence-electron chi connectivity index (χ4n) is 3.61. The average molecular weight is 294 g/mol. The van der Waals surface area contributed by atoms with Gasteiger partial charge in [-0.05, 0) is 42.5 Å². The molecule has 0 amide bonds. The van der Waals surface area contributed by atoms with E-state index in [2.05, 4.69) is 28.5 Å². The summed E-state index contributed by atoms with van der Waals surface area (Å²) in [6, 6.07) is 9.09. The Labute approximate surface area is 131 Å². The molecule has 4 heteroatoms. The van der Waals surface area contributed by atoms with Gasteiger partial charge in [-0.1, -0.05) is 12.1 Å². The van der Waals surface area contributed by atoms with Crippen LogP contribution in [0.4, 0.5) is 0 Å². The highest BCUT2D eigenvalue weighted by Crippen LogP contribution is 2.27. The molecule has 0 aromatic carbocycles. The predicted octanol–water partition coefficient (Wildman–Crippen LogP) is 2.07. The van der Waals surface area contributed by atoms with Gasteiger partial charge in [-0.15, -0.1) is 0 Å². The Hall–Kier alpha value is -1.78. The molecule has 4 rings (SSSR count). The minimum atomic E-state index is 0.116. The number of nitrogens with one attached hydrogen (secondary N) is 1. The third kappa shape index (κ3) is 2.64. The molecule has 0 bridgehead atoms. The maximum Gasteiger partial charge on any atom is 0.0606 e. The summed E-state index contributed by atoms with van der Waals surface area (Å²) in [4.78, 5) is 9.37. The van der Waals surface area contributed by atoms with Gasteiger partial charge in [0.15, 0.2) is 0 Å². The monoisotopic (exact) mass is 294 g/mol. The second-order valence-electron chi connectivity index (χ2n) is 6.44. The van der Waals surface area contributed by atoms with Crippen molar-refractivity contribution in [2.24, 2.45) is 5.73 Å². The van der Waals surface area contributed by atoms with Gasteiger partial charge < -0.3 is 11.1 Å². The predicted molar refractivity (Wildman–Crippen MR) is 86.4 cm³/mol. The van der Waals surface area contributed by atoms with E-state index in [4.69, 9.17) is 10.7 Å². The second-order valence-corrected chi connectivity index (χ2v) is 6.44. The molecule has 22 heavy (non-hydrogen) atoms. The number of hydrogen-bond donors (Lipinski definition) is 2. The van der Waals surface area contributed by atoms with Gasteiger partial charge in [0.25, 0.3) is 0 Å². The van der Waals surface area contributed by atoms with Crippen LogP contribution < -0.4 is 11.1 Å². The summed E-state index contributed by atoms with van der Waals surface area (Å²) in [6.45, 7) is 0.901. The lowest BCUT2D eigenvalue weighted by Crippen LogP contribution is -2.38. The molecule has 4 nitrogen and oxygen atoms in total. The van der Waals surface area contributed by atoms with E-state index in [1.165, 1.54) is 23.2 Å². The third-order valence-electron chi connectivity index (χ3n) is 4.84. The highest BCUT2D eigenvalue weighted by Gasteiger charge is 2.22. The minimum Gasteiger partial charge on any atom is -0.323 e. The van der Waals surface area contributed by atoms with Crippen molar-refractivity contribution < 1.29 is 0 Å². The van der Waals surface area contributed by atoms with Crippen molar-refractivity contribution in [1.82, 2.24) is 15.3 Å². The Morgan fingerprint density at radius 2 is 2.18 bits per heavy atom. The Morgan fingerprint density at radius 1 is 1.23 bits per heavy atom. The van der Waals surface area contributed by atoms with Crippen LogP contribution in [0.3, 0.4) is 0 Å². The lowest BCUT2D eigenvalue weighted by molar-refractivity contribution is 0.463. The van der Waals surface area contributed by atoms with Crippen molar-refractivity contribution in [2.75, 3.05) is 0 Å². The van der Waals surface area contributed by atoms with E-state index < -0.39 is 0 Å². The lowest BCUT2D eigenvalue weighted by atomic mass is 9.91. The van der Waals surface area contributed by atoms with Crippen molar-refractivity contribution >= 4 is 0 Å². The zero-order valence-corrected chi connectivity index (χ0v) is 12.8. The molecule has 0 radical (unpaired) electrons. The van der Waals surface area contributed by atoms with Crippen LogP contribution in [0, 0.1) is 0 Å². The van der Waals surface area contributed by atoms with E-state index in [-0.39, 0.29) is 6.04 Å². The van der Waals surface area contributed by atoms with Crippen molar-refractivity contribution in [1.29, 1.82) is 0 Å². The first-order chi connectivity index (χ1) is 10.8. The van der Waals surface area contributed by atoms with Crippen molar-refractivity contribution in [3.05, 3.63) is 58.7 Å². The first-order valence-electron chi connectivity index (χ1n) is 8.20. The molecule has 0 saturated heterocycles. The molecule has 2 atom stereocenters. The van der Waals surface area contributed by atoms with Crippen LogP contribution in [-0.4, -0.2) is 16.0 Å². The van der Waals surface area contributed by atoms with Crippen LogP contribution in [0.15, 0.2) is 30.5 Å². The molecule has 2 aliphatic rings. The molecule has 0 saturated carbocycles. The van der Waals surface area contributed by atoms with Gasteiger partial charge in [0.1, 0.15) is 0 Å². The normalized spacial score (nSPS) is 23.7. The summed E-state index contributed by atoms with van der Waals surface area (Å²) >= 11 is 0. The van der Waals surface area contributed by atoms with Crippen molar-refractivity contribution in [3.8, 4) is 0 Å². The van der Waals surface area contributed by atoms with Gasteiger partial charge in [0.2, 0.25) is 0 Å². The van der Waals surface area contributed by atoms with Gasteiger partial charge >= 0.3 is 0 Å². The molecule has 3 N–H and O–H groups in total. The summed E-state index contributed by atoms with van der Waals surface area (Å²) in [7, 11) is 0. The molecule has 3 heterocycles. The van der Waals surface area contributed by atoms with Crippen LogP contribution in [0.25, 0.3) is 0 Å². The summed E-state index contributed by atoms with van der Waals surface area (Å²) in [5.74, 6) is 0. The SMILES string of the molecule is NC1CCCc2ccc(C[C@@H]3Cc4ncccc4CN3)nc21. The zero-order valence-electron chi connectivity index (χ0n) is 12.8. The number of fused-ring (bicyclic) bond motifs is 2. The smallest absolute Gasteiger partial charge is 0.0606 e. The van der Waals surface area contributed by atoms with Crippen LogP contribution in [0.5, 0.6) is 0 Å². The number of nitrogens with zero attached hydrogens (tertiary/aromatic N) is 2. The summed E-state index contributed by atoms with van der Waals surface area (Å²) in [6.07, 6.45) is 7.16. The van der Waals surface area contributed by atoms with E-state index in [1.54, 1.807) is 0 Å². The first-order valence-corrected chi connectivity index (χ1v) is 8.20. The Bertz CT molecular complexity index is 683. The molecule has 0 fully saturated rings. The lowest BCUT2D eigenvalue weighted by Gasteiger charge is -2.26. The number of nitrogens with two attached hydrogens (primary N) is 1. The molecule has 1 aliphatic carbocycles. The van der Waals surface area contributed by atoms with E-state index in [0.29, 0.717) is 6.04 Å². The summed E-state index contributed by atoms with van der Waals surface area (Å²) < 4.78 is 0. The number of pyridine rings is 2. The number of hydrogen-bond acceptors (Lipinski definition) is 4. The quantitative estimate of drug-likeness (QED) is 0.890. The highest BCUT2D eigenvalue weighted by atomic mass is 14.9. The molecule has 2 aromatic heterocycles. The molecule has 0 spiro atoms. The largest absolute Gasteiger partial charge is 0.323 e. The van der Waals surface area contributed by atoms with Crippen LogP contribution in [0.1, 0.15) is 47.1 Å². The maximum absolute atomic E-state index is 6.22. The molecular weight excluding hydrogens is 272 g/mol. The Kier molecular flexibility index (Phi) is 3.64. The topological polar surface area (TPSA) is 63.8 Å². The summed E-state index contributed by atoms with van der Waals surface area (Å²) in [5, 5.41) is 3.60. The number of aromatic nitrogens is 2. The average Bonchev–Trinajstić information content (AvgIpc) is 2.56. The number of aryl methyl sites for hydroxylation is 1. The van der Waals surface area contributed by atoms with Gasteiger partial charge in [0.05, 0.1) is 5.69 Å². The van der Waals surface area contributed by atoms with Gasteiger partial charge in [-0.2, -0.15) is 0 Å². The van der Waals surface area contributed by atoms with E-state index >= 15 is 0 Å². The van der Waals surface area contributed by atoms with Crippen LogP contribution in [0.2, 0.25) is 0 Å². The standard InChI is InChI=1S/C18H22N4/c19-16-5-1-3-12-6-7-14(22-18(12)16)9-15-10-17-13(11-21-15)4-2-8-20-17/h2,4,6-8,15-16,21H,1,3,5,9-11,19H2/t15-,16?/m1/s1. The fourth-order valence-corrected chi connectivity index (χ4v) is 3.61. The van der Waals surface area contributed by atoms with Crippen LogP contribution in [-0.2, 0) is 25.8 Å². The van der Waals surface area contributed by atoms with Crippen molar-refractivity contribution in [3.63, 3.8) is 0 Å². The zero-order chi connectivity index (χ0) is 14.9. The third-order valence-corrected chi connectivity index (χ3v) is 4.84. The highest BCUT2D eigenvalue weighted by molar-refractivity contribution is 5.29. The van der Waals surface area contributed by atoms with E-state index in [9.17, 15) is 0 Å². The van der Waals surface area contributed by atoms with E-state index in [1.807, 2.05) is 12.3 Å². The second kappa shape index (κ2) is 5.78. The van der Waals surface area contributed by atoms with Gasteiger partial charge in [-0.25, -0.2) is 0 Å². The first kappa shape index (κ1) is 13.9. The maximum atomic E-state index is 6.22. The minimum absolute atomic E-state index is 0.116. The van der Waals surface area contributed by atoms with Gasteiger partial charge in [-0.3, -0.25) is 9.97 Å². The molecular formula is C18H22N4. The molecule has 1 unspecified atom stereocenters. The number of rotatable bonds is 2. The molecule has 1 aliphatic heterocycles. The Balaban J connectivity index is 1.51. The Morgan fingerprint density at radius 3 is 3.14 bits per heavy atom. The molecule has 2 aromatic rings. The van der Waals surface area contributed by atoms with Crippen molar-refractivity contribution in [2.45, 2.75) is 50.7 Å².